The third-order valence-corrected chi connectivity index (χ3v) is 5.30. The second kappa shape index (κ2) is 12.4. The van der Waals surface area contributed by atoms with Crippen LogP contribution in [0.15, 0.2) is 42.5 Å². The van der Waals surface area contributed by atoms with Crippen molar-refractivity contribution in [1.82, 2.24) is 10.2 Å². The third kappa shape index (κ3) is 7.33. The van der Waals surface area contributed by atoms with Gasteiger partial charge in [-0.3, -0.25) is 9.59 Å². The molecule has 1 N–H and O–H groups in total. The van der Waals surface area contributed by atoms with Crippen molar-refractivity contribution in [2.75, 3.05) is 20.3 Å². The number of rotatable bonds is 11. The molecular formula is C23H28Cl2N2O4. The van der Waals surface area contributed by atoms with Crippen molar-refractivity contribution in [2.24, 2.45) is 0 Å². The van der Waals surface area contributed by atoms with Gasteiger partial charge in [0.05, 0.1) is 7.11 Å². The van der Waals surface area contributed by atoms with Crippen LogP contribution < -0.4 is 14.8 Å². The molecule has 0 saturated carbocycles. The van der Waals surface area contributed by atoms with Gasteiger partial charge in [-0.15, -0.1) is 0 Å². The maximum Gasteiger partial charge on any atom is 0.261 e. The van der Waals surface area contributed by atoms with Crippen LogP contribution in [0.3, 0.4) is 0 Å². The van der Waals surface area contributed by atoms with E-state index >= 15 is 0 Å². The zero-order valence-corrected chi connectivity index (χ0v) is 19.5. The van der Waals surface area contributed by atoms with Crippen LogP contribution in [0.1, 0.15) is 32.3 Å². The SMILES string of the molecule is CCCNC(=O)[C@@H](CC)N(Cc1ccc(Cl)cc1Cl)C(=O)COc1ccc(OC)cc1. The van der Waals surface area contributed by atoms with E-state index in [1.165, 1.54) is 4.90 Å². The van der Waals surface area contributed by atoms with Gasteiger partial charge in [0.1, 0.15) is 17.5 Å². The molecule has 0 saturated heterocycles. The summed E-state index contributed by atoms with van der Waals surface area (Å²) in [7, 11) is 1.58. The summed E-state index contributed by atoms with van der Waals surface area (Å²) >= 11 is 12.3. The zero-order valence-electron chi connectivity index (χ0n) is 18.0. The Morgan fingerprint density at radius 2 is 1.74 bits per heavy atom. The molecule has 168 valence electrons. The van der Waals surface area contributed by atoms with Crippen molar-refractivity contribution in [3.8, 4) is 11.5 Å². The summed E-state index contributed by atoms with van der Waals surface area (Å²) in [6.45, 7) is 4.33. The first kappa shape index (κ1) is 24.8. The number of hydrogen-bond acceptors (Lipinski definition) is 4. The Morgan fingerprint density at radius 1 is 1.06 bits per heavy atom. The number of nitrogens with one attached hydrogen (secondary N) is 1. The summed E-state index contributed by atoms with van der Waals surface area (Å²) in [5.74, 6) is 0.700. The highest BCUT2D eigenvalue weighted by atomic mass is 35.5. The van der Waals surface area contributed by atoms with Crippen molar-refractivity contribution in [1.29, 1.82) is 0 Å². The lowest BCUT2D eigenvalue weighted by atomic mass is 10.1. The highest BCUT2D eigenvalue weighted by Crippen LogP contribution is 2.24. The fourth-order valence-corrected chi connectivity index (χ4v) is 3.49. The van der Waals surface area contributed by atoms with Gasteiger partial charge in [0, 0.05) is 23.1 Å². The van der Waals surface area contributed by atoms with Gasteiger partial charge in [-0.05, 0) is 54.8 Å². The maximum atomic E-state index is 13.1. The molecule has 2 aromatic carbocycles. The summed E-state index contributed by atoms with van der Waals surface area (Å²) < 4.78 is 10.8. The van der Waals surface area contributed by atoms with Crippen molar-refractivity contribution < 1.29 is 19.1 Å². The van der Waals surface area contributed by atoms with Gasteiger partial charge in [0.2, 0.25) is 5.91 Å². The molecular weight excluding hydrogens is 439 g/mol. The minimum Gasteiger partial charge on any atom is -0.497 e. The molecule has 0 bridgehead atoms. The van der Waals surface area contributed by atoms with Crippen molar-refractivity contribution in [3.05, 3.63) is 58.1 Å². The average Bonchev–Trinajstić information content (AvgIpc) is 2.77. The third-order valence-electron chi connectivity index (χ3n) is 4.71. The van der Waals surface area contributed by atoms with Crippen molar-refractivity contribution >= 4 is 35.0 Å². The zero-order chi connectivity index (χ0) is 22.8. The summed E-state index contributed by atoms with van der Waals surface area (Å²) in [5, 5.41) is 3.81. The molecule has 2 amide bonds. The molecule has 0 unspecified atom stereocenters. The number of halogens is 2. The Kier molecular flexibility index (Phi) is 9.95. The van der Waals surface area contributed by atoms with Crippen LogP contribution >= 0.6 is 23.2 Å². The predicted molar refractivity (Wildman–Crippen MR) is 123 cm³/mol. The number of carbonyl (C=O) groups is 2. The van der Waals surface area contributed by atoms with Gasteiger partial charge in [-0.2, -0.15) is 0 Å². The Balaban J connectivity index is 2.21. The lowest BCUT2D eigenvalue weighted by molar-refractivity contribution is -0.143. The van der Waals surface area contributed by atoms with Crippen molar-refractivity contribution in [3.63, 3.8) is 0 Å². The number of amides is 2. The average molecular weight is 467 g/mol. The first-order chi connectivity index (χ1) is 14.9. The maximum absolute atomic E-state index is 13.1. The highest BCUT2D eigenvalue weighted by molar-refractivity contribution is 6.35. The lowest BCUT2D eigenvalue weighted by Crippen LogP contribution is -2.50. The van der Waals surface area contributed by atoms with Gasteiger partial charge < -0.3 is 19.7 Å². The molecule has 0 spiro atoms. The van der Waals surface area contributed by atoms with Crippen LogP contribution in [0.2, 0.25) is 10.0 Å². The normalized spacial score (nSPS) is 11.5. The quantitative estimate of drug-likeness (QED) is 0.520. The summed E-state index contributed by atoms with van der Waals surface area (Å²) in [6, 6.07) is 11.4. The fourth-order valence-electron chi connectivity index (χ4n) is 3.02. The second-order valence-electron chi connectivity index (χ2n) is 6.94. The van der Waals surface area contributed by atoms with E-state index in [-0.39, 0.29) is 25.0 Å². The van der Waals surface area contributed by atoms with E-state index in [2.05, 4.69) is 5.32 Å². The molecule has 0 aromatic heterocycles. The first-order valence-corrected chi connectivity index (χ1v) is 10.9. The van der Waals surface area contributed by atoms with Crippen LogP contribution in [0.4, 0.5) is 0 Å². The molecule has 0 aliphatic heterocycles. The minimum atomic E-state index is -0.648. The van der Waals surface area contributed by atoms with E-state index in [4.69, 9.17) is 32.7 Å². The van der Waals surface area contributed by atoms with Gasteiger partial charge in [0.15, 0.2) is 6.61 Å². The monoisotopic (exact) mass is 466 g/mol. The van der Waals surface area contributed by atoms with E-state index in [1.54, 1.807) is 49.6 Å². The molecule has 8 heteroatoms. The molecule has 0 aliphatic rings. The Morgan fingerprint density at radius 3 is 2.32 bits per heavy atom. The fraction of sp³-hybridized carbons (Fsp3) is 0.391. The van der Waals surface area contributed by atoms with Crippen LogP contribution in [-0.2, 0) is 16.1 Å². The number of methoxy groups -OCH3 is 1. The number of carbonyl (C=O) groups excluding carboxylic acids is 2. The number of hydrogen-bond donors (Lipinski definition) is 1. The van der Waals surface area contributed by atoms with Crippen LogP contribution in [-0.4, -0.2) is 43.0 Å². The largest absolute Gasteiger partial charge is 0.497 e. The van der Waals surface area contributed by atoms with E-state index in [9.17, 15) is 9.59 Å². The molecule has 31 heavy (non-hydrogen) atoms. The highest BCUT2D eigenvalue weighted by Gasteiger charge is 2.29. The number of nitrogens with zero attached hydrogens (tertiary/aromatic N) is 1. The summed E-state index contributed by atoms with van der Waals surface area (Å²) in [4.78, 5) is 27.4. The molecule has 0 fully saturated rings. The Hall–Kier alpha value is -2.44. The lowest BCUT2D eigenvalue weighted by Gasteiger charge is -2.31. The van der Waals surface area contributed by atoms with Gasteiger partial charge in [0.25, 0.3) is 5.91 Å². The predicted octanol–water partition coefficient (Wildman–Crippen LogP) is 4.71. The molecule has 2 rings (SSSR count). The second-order valence-corrected chi connectivity index (χ2v) is 7.78. The van der Waals surface area contributed by atoms with Gasteiger partial charge in [-0.25, -0.2) is 0 Å². The summed E-state index contributed by atoms with van der Waals surface area (Å²) in [6.07, 6.45) is 1.26. The van der Waals surface area contributed by atoms with Crippen LogP contribution in [0.5, 0.6) is 11.5 Å². The van der Waals surface area contributed by atoms with E-state index in [1.807, 2.05) is 13.8 Å². The van der Waals surface area contributed by atoms with Crippen LogP contribution in [0.25, 0.3) is 0 Å². The topological polar surface area (TPSA) is 67.9 Å². The molecule has 6 nitrogen and oxygen atoms in total. The van der Waals surface area contributed by atoms with Crippen molar-refractivity contribution in [2.45, 2.75) is 39.3 Å². The Labute approximate surface area is 193 Å². The van der Waals surface area contributed by atoms with E-state index in [0.29, 0.717) is 40.1 Å². The van der Waals surface area contributed by atoms with E-state index < -0.39 is 6.04 Å². The summed E-state index contributed by atoms with van der Waals surface area (Å²) in [5.41, 5.74) is 0.700. The standard InChI is InChI=1S/C23H28Cl2N2O4/c1-4-12-26-23(29)21(5-2)27(14-16-6-7-17(24)13-20(16)25)22(28)15-31-19-10-8-18(30-3)9-11-19/h6-11,13,21H,4-5,12,14-15H2,1-3H3,(H,26,29)/t21-/m1/s1. The molecule has 0 radical (unpaired) electrons. The van der Waals surface area contributed by atoms with Crippen LogP contribution in [0, 0.1) is 0 Å². The smallest absolute Gasteiger partial charge is 0.261 e. The first-order valence-electron chi connectivity index (χ1n) is 10.2. The molecule has 1 atom stereocenters. The Bertz CT molecular complexity index is 874. The molecule has 0 aliphatic carbocycles. The number of benzene rings is 2. The molecule has 0 heterocycles. The molecule has 2 aromatic rings. The van der Waals surface area contributed by atoms with Gasteiger partial charge in [-0.1, -0.05) is 43.1 Å². The van der Waals surface area contributed by atoms with Gasteiger partial charge >= 0.3 is 0 Å². The van der Waals surface area contributed by atoms with E-state index in [0.717, 1.165) is 6.42 Å². The number of ether oxygens (including phenoxy) is 2. The minimum absolute atomic E-state index is 0.166.